The first kappa shape index (κ1) is 22.2. The highest BCUT2D eigenvalue weighted by Crippen LogP contribution is 2.12. The molecule has 0 amide bonds. The second-order valence-corrected chi connectivity index (χ2v) is 6.74. The molecular formula is C21H25IN4OS. The molecule has 0 saturated carbocycles. The Morgan fingerprint density at radius 2 is 1.93 bits per heavy atom. The van der Waals surface area contributed by atoms with Crippen molar-refractivity contribution in [2.24, 2.45) is 4.99 Å². The molecule has 0 spiro atoms. The Hall–Kier alpha value is -2.13. The molecule has 0 aliphatic heterocycles. The number of nitrogens with zero attached hydrogens (tertiary/aromatic N) is 2. The van der Waals surface area contributed by atoms with Crippen LogP contribution < -0.4 is 15.4 Å². The SMILES string of the molecule is CCNC(=NCc1ccsc1)NCc1ccnc(OCc2ccccc2)c1.I. The molecule has 2 N–H and O–H groups in total. The first-order chi connectivity index (χ1) is 13.3. The number of guanidine groups is 1. The van der Waals surface area contributed by atoms with Crippen LogP contribution in [-0.2, 0) is 19.7 Å². The van der Waals surface area contributed by atoms with Gasteiger partial charge in [-0.05, 0) is 46.5 Å². The van der Waals surface area contributed by atoms with Gasteiger partial charge in [-0.1, -0.05) is 30.3 Å². The van der Waals surface area contributed by atoms with E-state index in [4.69, 9.17) is 4.74 Å². The molecule has 7 heteroatoms. The molecule has 0 radical (unpaired) electrons. The van der Waals surface area contributed by atoms with Gasteiger partial charge in [0, 0.05) is 25.4 Å². The number of pyridine rings is 1. The largest absolute Gasteiger partial charge is 0.473 e. The molecule has 28 heavy (non-hydrogen) atoms. The van der Waals surface area contributed by atoms with Gasteiger partial charge in [-0.3, -0.25) is 0 Å². The molecule has 2 aromatic heterocycles. The average molecular weight is 508 g/mol. The molecule has 0 fully saturated rings. The maximum atomic E-state index is 5.80. The molecule has 0 atom stereocenters. The topological polar surface area (TPSA) is 58.5 Å². The lowest BCUT2D eigenvalue weighted by Gasteiger charge is -2.12. The van der Waals surface area contributed by atoms with Crippen molar-refractivity contribution in [3.8, 4) is 5.88 Å². The summed E-state index contributed by atoms with van der Waals surface area (Å²) in [5.41, 5.74) is 3.43. The van der Waals surface area contributed by atoms with Crippen LogP contribution in [0.15, 0.2) is 70.5 Å². The Bertz CT molecular complexity index is 841. The molecule has 2 heterocycles. The number of aromatic nitrogens is 1. The van der Waals surface area contributed by atoms with Crippen LogP contribution in [0, 0.1) is 0 Å². The van der Waals surface area contributed by atoms with E-state index in [9.17, 15) is 0 Å². The van der Waals surface area contributed by atoms with Crippen LogP contribution in [0.2, 0.25) is 0 Å². The van der Waals surface area contributed by atoms with Crippen LogP contribution in [0.4, 0.5) is 0 Å². The molecule has 148 valence electrons. The van der Waals surface area contributed by atoms with Gasteiger partial charge in [-0.25, -0.2) is 9.98 Å². The van der Waals surface area contributed by atoms with E-state index >= 15 is 0 Å². The van der Waals surface area contributed by atoms with E-state index in [0.29, 0.717) is 25.6 Å². The molecule has 3 rings (SSSR count). The first-order valence-corrected chi connectivity index (χ1v) is 9.92. The number of ether oxygens (including phenoxy) is 1. The van der Waals surface area contributed by atoms with Gasteiger partial charge in [0.1, 0.15) is 6.61 Å². The summed E-state index contributed by atoms with van der Waals surface area (Å²) in [6, 6.07) is 16.1. The first-order valence-electron chi connectivity index (χ1n) is 8.98. The van der Waals surface area contributed by atoms with Gasteiger partial charge >= 0.3 is 0 Å². The van der Waals surface area contributed by atoms with Crippen molar-refractivity contribution in [1.82, 2.24) is 15.6 Å². The lowest BCUT2D eigenvalue weighted by Crippen LogP contribution is -2.36. The van der Waals surface area contributed by atoms with Crippen LogP contribution in [0.5, 0.6) is 5.88 Å². The molecular weight excluding hydrogens is 483 g/mol. The zero-order valence-corrected chi connectivity index (χ0v) is 18.9. The van der Waals surface area contributed by atoms with E-state index in [-0.39, 0.29) is 24.0 Å². The van der Waals surface area contributed by atoms with Gasteiger partial charge in [0.05, 0.1) is 6.54 Å². The van der Waals surface area contributed by atoms with Gasteiger partial charge < -0.3 is 15.4 Å². The Morgan fingerprint density at radius 3 is 2.68 bits per heavy atom. The summed E-state index contributed by atoms with van der Waals surface area (Å²) in [7, 11) is 0. The fourth-order valence-corrected chi connectivity index (χ4v) is 3.11. The normalized spacial score (nSPS) is 10.8. The number of thiophene rings is 1. The molecule has 1 aromatic carbocycles. The highest BCUT2D eigenvalue weighted by Gasteiger charge is 2.02. The van der Waals surface area contributed by atoms with Crippen molar-refractivity contribution in [3.05, 3.63) is 82.2 Å². The van der Waals surface area contributed by atoms with Gasteiger partial charge in [-0.2, -0.15) is 11.3 Å². The zero-order chi connectivity index (χ0) is 18.7. The molecule has 0 unspecified atom stereocenters. The third-order valence-corrected chi connectivity index (χ3v) is 4.56. The maximum Gasteiger partial charge on any atom is 0.213 e. The zero-order valence-electron chi connectivity index (χ0n) is 15.8. The Kier molecular flexibility index (Phi) is 9.78. The van der Waals surface area contributed by atoms with Crippen molar-refractivity contribution in [2.75, 3.05) is 6.54 Å². The molecule has 0 aliphatic carbocycles. The predicted octanol–water partition coefficient (Wildman–Crippen LogP) is 4.60. The van der Waals surface area contributed by atoms with E-state index in [2.05, 4.69) is 44.4 Å². The van der Waals surface area contributed by atoms with E-state index in [1.807, 2.05) is 42.5 Å². The number of benzene rings is 1. The molecule has 0 saturated heterocycles. The molecule has 0 bridgehead atoms. The quantitative estimate of drug-likeness (QED) is 0.266. The van der Waals surface area contributed by atoms with Crippen LogP contribution in [0.25, 0.3) is 0 Å². The van der Waals surface area contributed by atoms with Crippen LogP contribution >= 0.6 is 35.3 Å². The summed E-state index contributed by atoms with van der Waals surface area (Å²) in [5.74, 6) is 1.42. The van der Waals surface area contributed by atoms with Gasteiger partial charge in [-0.15, -0.1) is 24.0 Å². The Balaban J connectivity index is 0.00000280. The lowest BCUT2D eigenvalue weighted by atomic mass is 10.2. The molecule has 0 aliphatic rings. The third kappa shape index (κ3) is 7.47. The number of aliphatic imine (C=N–C) groups is 1. The summed E-state index contributed by atoms with van der Waals surface area (Å²) >= 11 is 1.69. The monoisotopic (exact) mass is 508 g/mol. The van der Waals surface area contributed by atoms with Crippen molar-refractivity contribution in [3.63, 3.8) is 0 Å². The second-order valence-electron chi connectivity index (χ2n) is 5.96. The van der Waals surface area contributed by atoms with Crippen LogP contribution in [-0.4, -0.2) is 17.5 Å². The Labute approximate surface area is 187 Å². The van der Waals surface area contributed by atoms with Crippen molar-refractivity contribution < 1.29 is 4.74 Å². The van der Waals surface area contributed by atoms with Crippen molar-refractivity contribution in [1.29, 1.82) is 0 Å². The number of nitrogens with one attached hydrogen (secondary N) is 2. The summed E-state index contributed by atoms with van der Waals surface area (Å²) < 4.78 is 5.80. The minimum Gasteiger partial charge on any atom is -0.473 e. The summed E-state index contributed by atoms with van der Waals surface area (Å²) in [6.45, 7) is 4.71. The Morgan fingerprint density at radius 1 is 1.07 bits per heavy atom. The smallest absolute Gasteiger partial charge is 0.213 e. The van der Waals surface area contributed by atoms with Gasteiger partial charge in [0.2, 0.25) is 5.88 Å². The highest BCUT2D eigenvalue weighted by atomic mass is 127. The second kappa shape index (κ2) is 12.4. The highest BCUT2D eigenvalue weighted by molar-refractivity contribution is 14.0. The maximum absolute atomic E-state index is 5.80. The number of hydrogen-bond donors (Lipinski definition) is 2. The number of hydrogen-bond acceptors (Lipinski definition) is 4. The van der Waals surface area contributed by atoms with E-state index in [0.717, 1.165) is 23.6 Å². The standard InChI is InChI=1S/C21H24N4OS.HI/c1-2-22-21(25-14-19-9-11-27-16-19)24-13-18-8-10-23-20(12-18)26-15-17-6-4-3-5-7-17;/h3-12,16H,2,13-15H2,1H3,(H2,22,24,25);1H. The van der Waals surface area contributed by atoms with Crippen LogP contribution in [0.3, 0.4) is 0 Å². The number of halogens is 1. The van der Waals surface area contributed by atoms with Crippen molar-refractivity contribution >= 4 is 41.3 Å². The van der Waals surface area contributed by atoms with Gasteiger partial charge in [0.25, 0.3) is 0 Å². The fourth-order valence-electron chi connectivity index (χ4n) is 2.45. The summed E-state index contributed by atoms with van der Waals surface area (Å²) in [6.07, 6.45) is 1.77. The minimum absolute atomic E-state index is 0. The average Bonchev–Trinajstić information content (AvgIpc) is 3.23. The molecule has 3 aromatic rings. The van der Waals surface area contributed by atoms with E-state index in [1.165, 1.54) is 5.56 Å². The summed E-state index contributed by atoms with van der Waals surface area (Å²) in [5, 5.41) is 10.8. The predicted molar refractivity (Wildman–Crippen MR) is 126 cm³/mol. The minimum atomic E-state index is 0. The lowest BCUT2D eigenvalue weighted by molar-refractivity contribution is 0.293. The summed E-state index contributed by atoms with van der Waals surface area (Å²) in [4.78, 5) is 8.92. The van der Waals surface area contributed by atoms with E-state index < -0.39 is 0 Å². The van der Waals surface area contributed by atoms with Crippen molar-refractivity contribution in [2.45, 2.75) is 26.6 Å². The molecule has 5 nitrogen and oxygen atoms in total. The number of rotatable bonds is 8. The van der Waals surface area contributed by atoms with E-state index in [1.54, 1.807) is 17.5 Å². The third-order valence-electron chi connectivity index (χ3n) is 3.83. The van der Waals surface area contributed by atoms with Gasteiger partial charge in [0.15, 0.2) is 5.96 Å². The fraction of sp³-hybridized carbons (Fsp3) is 0.238. The van der Waals surface area contributed by atoms with Crippen LogP contribution in [0.1, 0.15) is 23.6 Å².